The Hall–Kier alpha value is -1.24. The third-order valence-electron chi connectivity index (χ3n) is 1.03. The monoisotopic (exact) mass is 205 g/mol. The molecule has 0 spiro atoms. The van der Waals surface area contributed by atoms with Crippen LogP contribution in [-0.2, 0) is 9.63 Å². The number of amides is 2. The van der Waals surface area contributed by atoms with Crippen LogP contribution in [0.1, 0.15) is 0 Å². The topological polar surface area (TPSA) is 79.8 Å². The average molecular weight is 205 g/mol. The van der Waals surface area contributed by atoms with Gasteiger partial charge < -0.3 is 10.6 Å². The van der Waals surface area contributed by atoms with Crippen molar-refractivity contribution >= 4 is 28.8 Å². The maximum Gasteiger partial charge on any atom is 0.433 e. The summed E-state index contributed by atoms with van der Waals surface area (Å²) in [6.07, 6.45) is 0.942. The van der Waals surface area contributed by atoms with Gasteiger partial charge >= 0.3 is 6.09 Å². The van der Waals surface area contributed by atoms with Gasteiger partial charge in [0.1, 0.15) is 0 Å². The zero-order chi connectivity index (χ0) is 10.3. The molecule has 0 unspecified atom stereocenters. The molecule has 0 fully saturated rings. The standard InChI is InChI=1S/C6H11N3O3S/c1-7-4(10)5(13-3)9-12-6(11)8-2/h1-3H3,(H,7,10)(H,8,11). The highest BCUT2D eigenvalue weighted by molar-refractivity contribution is 8.15. The molecular formula is C6H11N3O3S. The summed E-state index contributed by atoms with van der Waals surface area (Å²) < 4.78 is 0. The van der Waals surface area contributed by atoms with Crippen LogP contribution in [0.2, 0.25) is 0 Å². The number of hydrogen-bond donors (Lipinski definition) is 2. The molecule has 0 aliphatic heterocycles. The Bertz CT molecular complexity index is 229. The van der Waals surface area contributed by atoms with Crippen LogP contribution in [0.15, 0.2) is 5.16 Å². The summed E-state index contributed by atoms with van der Waals surface area (Å²) in [6.45, 7) is 0. The Kier molecular flexibility index (Phi) is 5.69. The van der Waals surface area contributed by atoms with Gasteiger partial charge in [-0.25, -0.2) is 4.79 Å². The van der Waals surface area contributed by atoms with Crippen LogP contribution in [0, 0.1) is 0 Å². The fourth-order valence-electron chi connectivity index (χ4n) is 0.407. The van der Waals surface area contributed by atoms with Gasteiger partial charge in [-0.2, -0.15) is 0 Å². The molecule has 13 heavy (non-hydrogen) atoms. The number of hydrogen-bond acceptors (Lipinski definition) is 5. The van der Waals surface area contributed by atoms with Crippen LogP contribution in [0.5, 0.6) is 0 Å². The first kappa shape index (κ1) is 11.8. The van der Waals surface area contributed by atoms with E-state index < -0.39 is 12.0 Å². The predicted molar refractivity (Wildman–Crippen MR) is 50.6 cm³/mol. The van der Waals surface area contributed by atoms with Crippen molar-refractivity contribution in [3.8, 4) is 0 Å². The number of nitrogens with zero attached hydrogens (tertiary/aromatic N) is 1. The van der Waals surface area contributed by atoms with Crippen molar-refractivity contribution in [2.24, 2.45) is 5.16 Å². The number of nitrogens with one attached hydrogen (secondary N) is 2. The molecule has 2 N–H and O–H groups in total. The molecule has 0 aromatic heterocycles. The number of carbonyl (C=O) groups is 2. The highest BCUT2D eigenvalue weighted by Crippen LogP contribution is 1.98. The number of carbonyl (C=O) groups excluding carboxylic acids is 2. The number of oxime groups is 1. The first-order valence-corrected chi connectivity index (χ1v) is 4.61. The molecule has 7 heteroatoms. The van der Waals surface area contributed by atoms with Gasteiger partial charge in [0, 0.05) is 14.1 Å². The predicted octanol–water partition coefficient (Wildman–Crippen LogP) is -0.235. The van der Waals surface area contributed by atoms with Crippen LogP contribution in [-0.4, -0.2) is 37.4 Å². The van der Waals surface area contributed by atoms with E-state index in [4.69, 9.17) is 0 Å². The Morgan fingerprint density at radius 1 is 1.31 bits per heavy atom. The summed E-state index contributed by atoms with van der Waals surface area (Å²) >= 11 is 1.09. The van der Waals surface area contributed by atoms with Gasteiger partial charge in [0.25, 0.3) is 5.91 Å². The van der Waals surface area contributed by atoms with Crippen molar-refractivity contribution in [1.29, 1.82) is 0 Å². The lowest BCUT2D eigenvalue weighted by atomic mass is 10.7. The number of rotatable bonds is 1. The van der Waals surface area contributed by atoms with Crippen LogP contribution in [0.4, 0.5) is 4.79 Å². The molecular weight excluding hydrogens is 194 g/mol. The van der Waals surface area contributed by atoms with Crippen molar-refractivity contribution in [3.05, 3.63) is 0 Å². The molecule has 0 radical (unpaired) electrons. The molecule has 0 bridgehead atoms. The second-order valence-corrected chi connectivity index (χ2v) is 2.60. The van der Waals surface area contributed by atoms with Crippen molar-refractivity contribution in [3.63, 3.8) is 0 Å². The van der Waals surface area contributed by atoms with E-state index in [1.165, 1.54) is 14.1 Å². The molecule has 0 saturated carbocycles. The molecule has 0 aliphatic rings. The maximum absolute atomic E-state index is 11.0. The van der Waals surface area contributed by atoms with E-state index in [0.717, 1.165) is 11.8 Å². The zero-order valence-corrected chi connectivity index (χ0v) is 8.40. The Labute approximate surface area is 80.1 Å². The summed E-state index contributed by atoms with van der Waals surface area (Å²) in [6, 6.07) is 0. The van der Waals surface area contributed by atoms with E-state index in [-0.39, 0.29) is 5.04 Å². The minimum Gasteiger partial charge on any atom is -0.353 e. The molecule has 0 aliphatic carbocycles. The third-order valence-corrected chi connectivity index (χ3v) is 1.68. The Balaban J connectivity index is 4.22. The third kappa shape index (κ3) is 4.36. The zero-order valence-electron chi connectivity index (χ0n) is 7.58. The molecule has 0 heterocycles. The quantitative estimate of drug-likeness (QED) is 0.268. The van der Waals surface area contributed by atoms with Crippen molar-refractivity contribution in [2.45, 2.75) is 0 Å². The molecule has 0 atom stereocenters. The molecule has 0 aromatic rings. The van der Waals surface area contributed by atoms with Crippen molar-refractivity contribution < 1.29 is 14.4 Å². The van der Waals surface area contributed by atoms with E-state index in [1.807, 2.05) is 0 Å². The fraction of sp³-hybridized carbons (Fsp3) is 0.500. The minimum absolute atomic E-state index is 0.0890. The Morgan fingerprint density at radius 2 is 1.92 bits per heavy atom. The molecule has 0 saturated heterocycles. The smallest absolute Gasteiger partial charge is 0.353 e. The SMILES string of the molecule is CNC(=O)ON=C(SC)C(=O)NC. The molecule has 0 rings (SSSR count). The van der Waals surface area contributed by atoms with E-state index >= 15 is 0 Å². The highest BCUT2D eigenvalue weighted by atomic mass is 32.2. The summed E-state index contributed by atoms with van der Waals surface area (Å²) in [7, 11) is 2.87. The molecule has 2 amide bonds. The van der Waals surface area contributed by atoms with Gasteiger partial charge in [-0.1, -0.05) is 5.16 Å². The number of thioether (sulfide) groups is 1. The first-order chi connectivity index (χ1) is 6.15. The van der Waals surface area contributed by atoms with Crippen LogP contribution in [0.3, 0.4) is 0 Å². The van der Waals surface area contributed by atoms with Crippen LogP contribution >= 0.6 is 11.8 Å². The Morgan fingerprint density at radius 3 is 2.31 bits per heavy atom. The van der Waals surface area contributed by atoms with Crippen LogP contribution in [0.25, 0.3) is 0 Å². The van der Waals surface area contributed by atoms with Gasteiger partial charge in [0.15, 0.2) is 0 Å². The minimum atomic E-state index is -0.713. The molecule has 74 valence electrons. The summed E-state index contributed by atoms with van der Waals surface area (Å²) in [5, 5.41) is 7.98. The van der Waals surface area contributed by atoms with E-state index in [0.29, 0.717) is 0 Å². The van der Waals surface area contributed by atoms with Gasteiger partial charge in [-0.05, 0) is 6.26 Å². The second-order valence-electron chi connectivity index (χ2n) is 1.81. The normalized spacial score (nSPS) is 10.5. The summed E-state index contributed by atoms with van der Waals surface area (Å²) in [5.41, 5.74) is 0. The van der Waals surface area contributed by atoms with E-state index in [2.05, 4.69) is 20.6 Å². The molecule has 0 aromatic carbocycles. The molecule has 6 nitrogen and oxygen atoms in total. The summed E-state index contributed by atoms with van der Waals surface area (Å²) in [4.78, 5) is 25.9. The lowest BCUT2D eigenvalue weighted by Gasteiger charge is -2.00. The van der Waals surface area contributed by atoms with Crippen molar-refractivity contribution in [1.82, 2.24) is 10.6 Å². The van der Waals surface area contributed by atoms with Gasteiger partial charge in [-0.3, -0.25) is 9.63 Å². The maximum atomic E-state index is 11.0. The van der Waals surface area contributed by atoms with Gasteiger partial charge in [-0.15, -0.1) is 11.8 Å². The second kappa shape index (κ2) is 6.30. The van der Waals surface area contributed by atoms with Gasteiger partial charge in [0.05, 0.1) is 0 Å². The lowest BCUT2D eigenvalue weighted by molar-refractivity contribution is -0.114. The largest absolute Gasteiger partial charge is 0.433 e. The fourth-order valence-corrected chi connectivity index (χ4v) is 0.806. The van der Waals surface area contributed by atoms with E-state index in [9.17, 15) is 9.59 Å². The van der Waals surface area contributed by atoms with E-state index in [1.54, 1.807) is 6.26 Å². The average Bonchev–Trinajstić information content (AvgIpc) is 2.17. The van der Waals surface area contributed by atoms with Crippen LogP contribution < -0.4 is 10.6 Å². The summed E-state index contributed by atoms with van der Waals surface area (Å²) in [5.74, 6) is -0.392. The van der Waals surface area contributed by atoms with Crippen molar-refractivity contribution in [2.75, 3.05) is 20.4 Å². The highest BCUT2D eigenvalue weighted by Gasteiger charge is 2.09. The van der Waals surface area contributed by atoms with Gasteiger partial charge in [0.2, 0.25) is 5.04 Å². The first-order valence-electron chi connectivity index (χ1n) is 3.38. The lowest BCUT2D eigenvalue weighted by Crippen LogP contribution is -2.26.